The van der Waals surface area contributed by atoms with E-state index in [1.54, 1.807) is 24.3 Å². The summed E-state index contributed by atoms with van der Waals surface area (Å²) in [5, 5.41) is 9.47. The molecule has 4 nitrogen and oxygen atoms in total. The Morgan fingerprint density at radius 1 is 1.47 bits per heavy atom. The fourth-order valence-corrected chi connectivity index (χ4v) is 2.52. The number of carbonyl (C=O) groups excluding carboxylic acids is 1. The standard InChI is InChI=1S/C14H15BrN2O2/c1-10-8-17(9-13(6-15)19-10)14(18)12-4-2-11(7-16)3-5-12/h2-5,10,13H,6,8-9H2,1H3. The number of hydrogen-bond acceptors (Lipinski definition) is 3. The van der Waals surface area contributed by atoms with Crippen LogP contribution in [0.4, 0.5) is 0 Å². The van der Waals surface area contributed by atoms with Crippen molar-refractivity contribution in [3.8, 4) is 6.07 Å². The van der Waals surface area contributed by atoms with Crippen molar-refractivity contribution in [2.24, 2.45) is 0 Å². The third-order valence-corrected chi connectivity index (χ3v) is 3.77. The lowest BCUT2D eigenvalue weighted by Gasteiger charge is -2.36. The molecule has 1 aromatic carbocycles. The van der Waals surface area contributed by atoms with Crippen molar-refractivity contribution in [1.29, 1.82) is 5.26 Å². The van der Waals surface area contributed by atoms with E-state index in [2.05, 4.69) is 15.9 Å². The minimum atomic E-state index is -0.00871. The maximum absolute atomic E-state index is 12.4. The molecule has 0 saturated carbocycles. The molecule has 1 fully saturated rings. The fraction of sp³-hybridized carbons (Fsp3) is 0.429. The summed E-state index contributed by atoms with van der Waals surface area (Å²) in [6.45, 7) is 3.16. The van der Waals surface area contributed by atoms with Crippen LogP contribution in [0.1, 0.15) is 22.8 Å². The van der Waals surface area contributed by atoms with E-state index in [1.807, 2.05) is 17.9 Å². The van der Waals surface area contributed by atoms with E-state index >= 15 is 0 Å². The van der Waals surface area contributed by atoms with Crippen LogP contribution < -0.4 is 0 Å². The van der Waals surface area contributed by atoms with E-state index < -0.39 is 0 Å². The van der Waals surface area contributed by atoms with Crippen LogP contribution in [0, 0.1) is 11.3 Å². The number of hydrogen-bond donors (Lipinski definition) is 0. The van der Waals surface area contributed by atoms with Crippen LogP contribution in [0.3, 0.4) is 0 Å². The molecule has 1 amide bonds. The van der Waals surface area contributed by atoms with Crippen molar-refractivity contribution >= 4 is 21.8 Å². The lowest BCUT2D eigenvalue weighted by molar-refractivity contribution is -0.0559. The first kappa shape index (κ1) is 14.0. The zero-order chi connectivity index (χ0) is 13.8. The minimum absolute atomic E-state index is 0.00871. The molecule has 0 spiro atoms. The summed E-state index contributed by atoms with van der Waals surface area (Å²) in [6.07, 6.45) is 0.0738. The highest BCUT2D eigenvalue weighted by Crippen LogP contribution is 2.16. The monoisotopic (exact) mass is 322 g/mol. The van der Waals surface area contributed by atoms with Crippen LogP contribution >= 0.6 is 15.9 Å². The van der Waals surface area contributed by atoms with Gasteiger partial charge in [0.25, 0.3) is 5.91 Å². The zero-order valence-corrected chi connectivity index (χ0v) is 12.3. The number of carbonyl (C=O) groups is 1. The number of benzene rings is 1. The summed E-state index contributed by atoms with van der Waals surface area (Å²) in [7, 11) is 0. The van der Waals surface area contributed by atoms with Gasteiger partial charge in [-0.3, -0.25) is 4.79 Å². The number of nitriles is 1. The Hall–Kier alpha value is -1.38. The highest BCUT2D eigenvalue weighted by Gasteiger charge is 2.28. The second-order valence-corrected chi connectivity index (χ2v) is 5.27. The summed E-state index contributed by atoms with van der Waals surface area (Å²) >= 11 is 3.39. The Labute approximate surface area is 121 Å². The van der Waals surface area contributed by atoms with Crippen molar-refractivity contribution in [1.82, 2.24) is 4.90 Å². The predicted octanol–water partition coefficient (Wildman–Crippen LogP) is 2.18. The highest BCUT2D eigenvalue weighted by atomic mass is 79.9. The summed E-state index contributed by atoms with van der Waals surface area (Å²) in [4.78, 5) is 14.2. The van der Waals surface area contributed by atoms with Crippen molar-refractivity contribution in [3.63, 3.8) is 0 Å². The molecule has 19 heavy (non-hydrogen) atoms. The molecule has 2 unspecified atom stereocenters. The van der Waals surface area contributed by atoms with Crippen LogP contribution in [0.15, 0.2) is 24.3 Å². The summed E-state index contributed by atoms with van der Waals surface area (Å²) < 4.78 is 5.70. The predicted molar refractivity (Wildman–Crippen MR) is 75.2 cm³/mol. The van der Waals surface area contributed by atoms with Crippen molar-refractivity contribution in [2.45, 2.75) is 19.1 Å². The van der Waals surface area contributed by atoms with Gasteiger partial charge in [0.15, 0.2) is 0 Å². The molecule has 1 aliphatic heterocycles. The van der Waals surface area contributed by atoms with E-state index in [0.717, 1.165) is 0 Å². The molecule has 0 aromatic heterocycles. The molecule has 0 radical (unpaired) electrons. The molecule has 0 aliphatic carbocycles. The lowest BCUT2D eigenvalue weighted by Crippen LogP contribution is -2.49. The summed E-state index contributed by atoms with van der Waals surface area (Å²) in [6, 6.07) is 8.77. The van der Waals surface area contributed by atoms with Gasteiger partial charge in [-0.05, 0) is 31.2 Å². The first-order valence-corrected chi connectivity index (χ1v) is 7.27. The Kier molecular flexibility index (Phi) is 4.56. The topological polar surface area (TPSA) is 53.3 Å². The summed E-state index contributed by atoms with van der Waals surface area (Å²) in [5.74, 6) is -0.00871. The van der Waals surface area contributed by atoms with Gasteiger partial charge >= 0.3 is 0 Å². The fourth-order valence-electron chi connectivity index (χ4n) is 2.17. The molecule has 1 aromatic rings. The van der Waals surface area contributed by atoms with Crippen LogP contribution in [0.5, 0.6) is 0 Å². The SMILES string of the molecule is CC1CN(C(=O)c2ccc(C#N)cc2)CC(CBr)O1. The van der Waals surface area contributed by atoms with Gasteiger partial charge in [0.1, 0.15) is 0 Å². The van der Waals surface area contributed by atoms with Crippen LogP contribution in [0.25, 0.3) is 0 Å². The zero-order valence-electron chi connectivity index (χ0n) is 10.7. The molecule has 1 aliphatic rings. The van der Waals surface area contributed by atoms with Gasteiger partial charge in [0, 0.05) is 24.0 Å². The van der Waals surface area contributed by atoms with Gasteiger partial charge in [-0.25, -0.2) is 0 Å². The van der Waals surface area contributed by atoms with Gasteiger partial charge in [-0.1, -0.05) is 15.9 Å². The Morgan fingerprint density at radius 2 is 2.16 bits per heavy atom. The smallest absolute Gasteiger partial charge is 0.254 e. The number of alkyl halides is 1. The number of ether oxygens (including phenoxy) is 1. The molecule has 100 valence electrons. The molecular weight excluding hydrogens is 308 g/mol. The maximum atomic E-state index is 12.4. The van der Waals surface area contributed by atoms with Gasteiger partial charge < -0.3 is 9.64 Å². The van der Waals surface area contributed by atoms with Gasteiger partial charge in [-0.2, -0.15) is 5.26 Å². The van der Waals surface area contributed by atoms with Gasteiger partial charge in [-0.15, -0.1) is 0 Å². The first-order valence-electron chi connectivity index (χ1n) is 6.15. The number of rotatable bonds is 2. The minimum Gasteiger partial charge on any atom is -0.371 e. The molecule has 1 heterocycles. The van der Waals surface area contributed by atoms with Crippen molar-refractivity contribution in [2.75, 3.05) is 18.4 Å². The average molecular weight is 323 g/mol. The highest BCUT2D eigenvalue weighted by molar-refractivity contribution is 9.09. The summed E-state index contributed by atoms with van der Waals surface area (Å²) in [5.41, 5.74) is 1.17. The van der Waals surface area contributed by atoms with E-state index in [4.69, 9.17) is 10.00 Å². The molecule has 0 bridgehead atoms. The van der Waals surface area contributed by atoms with E-state index in [1.165, 1.54) is 0 Å². The quantitative estimate of drug-likeness (QED) is 0.784. The number of morpholine rings is 1. The van der Waals surface area contributed by atoms with E-state index in [0.29, 0.717) is 29.5 Å². The number of nitrogens with zero attached hydrogens (tertiary/aromatic N) is 2. The first-order chi connectivity index (χ1) is 9.13. The number of amides is 1. The number of halogens is 1. The molecule has 5 heteroatoms. The molecule has 1 saturated heterocycles. The molecular formula is C14H15BrN2O2. The van der Waals surface area contributed by atoms with Crippen molar-refractivity contribution in [3.05, 3.63) is 35.4 Å². The second kappa shape index (κ2) is 6.18. The Bertz CT molecular complexity index is 495. The Morgan fingerprint density at radius 3 is 2.74 bits per heavy atom. The Balaban J connectivity index is 2.11. The molecule has 2 atom stereocenters. The van der Waals surface area contributed by atoms with Crippen LogP contribution in [-0.2, 0) is 4.74 Å². The molecule has 0 N–H and O–H groups in total. The third-order valence-electron chi connectivity index (χ3n) is 3.05. The van der Waals surface area contributed by atoms with E-state index in [-0.39, 0.29) is 18.1 Å². The van der Waals surface area contributed by atoms with Crippen LogP contribution in [-0.4, -0.2) is 41.4 Å². The van der Waals surface area contributed by atoms with Gasteiger partial charge in [0.2, 0.25) is 0 Å². The largest absolute Gasteiger partial charge is 0.371 e. The van der Waals surface area contributed by atoms with Gasteiger partial charge in [0.05, 0.1) is 23.8 Å². The van der Waals surface area contributed by atoms with Crippen molar-refractivity contribution < 1.29 is 9.53 Å². The second-order valence-electron chi connectivity index (χ2n) is 4.62. The van der Waals surface area contributed by atoms with Crippen LogP contribution in [0.2, 0.25) is 0 Å². The molecule has 2 rings (SSSR count). The normalized spacial score (nSPS) is 22.9. The lowest BCUT2D eigenvalue weighted by atomic mass is 10.1. The third kappa shape index (κ3) is 3.34. The maximum Gasteiger partial charge on any atom is 0.254 e. The van der Waals surface area contributed by atoms with E-state index in [9.17, 15) is 4.79 Å². The average Bonchev–Trinajstić information content (AvgIpc) is 2.46.